The molecule has 0 saturated heterocycles. The molecule has 0 aliphatic heterocycles. The van der Waals surface area contributed by atoms with Crippen molar-refractivity contribution in [1.82, 2.24) is 0 Å². The highest BCUT2D eigenvalue weighted by Crippen LogP contribution is 2.67. The zero-order valence-electron chi connectivity index (χ0n) is 19.6. The van der Waals surface area contributed by atoms with Gasteiger partial charge in [0.2, 0.25) is 0 Å². The van der Waals surface area contributed by atoms with Gasteiger partial charge in [0.1, 0.15) is 6.10 Å². The fraction of sp³-hybridized carbons (Fsp3) is 0.833. The van der Waals surface area contributed by atoms with Crippen molar-refractivity contribution in [2.45, 2.75) is 72.3 Å². The Hall–Kier alpha value is -2.12. The van der Waals surface area contributed by atoms with Gasteiger partial charge in [-0.1, -0.05) is 20.8 Å². The highest BCUT2D eigenvalue weighted by molar-refractivity contribution is 5.74. The van der Waals surface area contributed by atoms with E-state index in [1.807, 2.05) is 6.92 Å². The standard InChI is InChI=1S/C24H36O8/c1-12(22(30)31-5)15-8-9-16-14-6-7-17(21(28)29)23(3,11-20(26)27)18(14)10-19(24(15,16)4)32-13(2)25/h12,14-19H,6-11H2,1-5H3,(H,26,27)(H,28,29)/t12-,14+,15+,16+,17+,18+,19+,23+,24+/m0/s1. The van der Waals surface area contributed by atoms with Crippen molar-refractivity contribution >= 4 is 23.9 Å². The summed E-state index contributed by atoms with van der Waals surface area (Å²) in [5.74, 6) is -3.78. The van der Waals surface area contributed by atoms with Crippen molar-refractivity contribution in [1.29, 1.82) is 0 Å². The number of carbonyl (C=O) groups excluding carboxylic acids is 2. The molecule has 3 saturated carbocycles. The molecule has 2 N–H and O–H groups in total. The van der Waals surface area contributed by atoms with E-state index in [2.05, 4.69) is 6.92 Å². The minimum Gasteiger partial charge on any atom is -0.481 e. The number of hydrogen-bond donors (Lipinski definition) is 2. The zero-order chi connectivity index (χ0) is 24.0. The Labute approximate surface area is 189 Å². The number of hydrogen-bond acceptors (Lipinski definition) is 6. The summed E-state index contributed by atoms with van der Waals surface area (Å²) in [5.41, 5.74) is -1.40. The topological polar surface area (TPSA) is 127 Å². The van der Waals surface area contributed by atoms with Crippen LogP contribution in [0.3, 0.4) is 0 Å². The lowest BCUT2D eigenvalue weighted by atomic mass is 9.45. The predicted octanol–water partition coefficient (Wildman–Crippen LogP) is 3.37. The van der Waals surface area contributed by atoms with E-state index in [4.69, 9.17) is 9.47 Å². The molecule has 32 heavy (non-hydrogen) atoms. The summed E-state index contributed by atoms with van der Waals surface area (Å²) in [6.07, 6.45) is 2.43. The molecule has 3 aliphatic carbocycles. The van der Waals surface area contributed by atoms with Gasteiger partial charge in [0.15, 0.2) is 0 Å². The Kier molecular flexibility index (Phi) is 6.64. The number of rotatable bonds is 6. The number of aliphatic carboxylic acids is 2. The van der Waals surface area contributed by atoms with Crippen molar-refractivity contribution in [2.24, 2.45) is 46.3 Å². The fourth-order valence-corrected chi connectivity index (χ4v) is 7.96. The molecule has 0 spiro atoms. The van der Waals surface area contributed by atoms with Crippen LogP contribution in [0.4, 0.5) is 0 Å². The summed E-state index contributed by atoms with van der Waals surface area (Å²) in [7, 11) is 1.37. The van der Waals surface area contributed by atoms with Gasteiger partial charge in [0.25, 0.3) is 0 Å². The van der Waals surface area contributed by atoms with E-state index >= 15 is 0 Å². The molecule has 0 unspecified atom stereocenters. The summed E-state index contributed by atoms with van der Waals surface area (Å²) < 4.78 is 10.9. The summed E-state index contributed by atoms with van der Waals surface area (Å²) in [6, 6.07) is 0. The van der Waals surface area contributed by atoms with Crippen LogP contribution in [-0.2, 0) is 28.7 Å². The van der Waals surface area contributed by atoms with E-state index in [1.54, 1.807) is 6.92 Å². The molecule has 8 heteroatoms. The van der Waals surface area contributed by atoms with E-state index < -0.39 is 40.8 Å². The van der Waals surface area contributed by atoms with Gasteiger partial charge in [-0.25, -0.2) is 0 Å². The number of fused-ring (bicyclic) bond motifs is 3. The third kappa shape index (κ3) is 3.79. The Morgan fingerprint density at radius 2 is 1.69 bits per heavy atom. The van der Waals surface area contributed by atoms with Gasteiger partial charge in [-0.15, -0.1) is 0 Å². The normalized spacial score (nSPS) is 41.7. The smallest absolute Gasteiger partial charge is 0.308 e. The minimum atomic E-state index is -1.01. The summed E-state index contributed by atoms with van der Waals surface area (Å²) in [6.45, 7) is 7.09. The molecular weight excluding hydrogens is 416 g/mol. The van der Waals surface area contributed by atoms with Crippen molar-refractivity contribution in [3.63, 3.8) is 0 Å². The molecule has 0 aromatic rings. The number of carboxylic acid groups (broad SMARTS) is 2. The van der Waals surface area contributed by atoms with Gasteiger partial charge in [-0.05, 0) is 61.2 Å². The summed E-state index contributed by atoms with van der Waals surface area (Å²) >= 11 is 0. The van der Waals surface area contributed by atoms with Crippen LogP contribution in [0.2, 0.25) is 0 Å². The molecule has 0 aromatic carbocycles. The van der Waals surface area contributed by atoms with E-state index in [0.29, 0.717) is 19.3 Å². The number of esters is 2. The van der Waals surface area contributed by atoms with Gasteiger partial charge >= 0.3 is 23.9 Å². The first kappa shape index (κ1) is 24.5. The molecule has 0 heterocycles. The lowest BCUT2D eigenvalue weighted by Crippen LogP contribution is -2.60. The maximum absolute atomic E-state index is 12.4. The second kappa shape index (κ2) is 8.67. The Balaban J connectivity index is 2.06. The first-order valence-electron chi connectivity index (χ1n) is 11.6. The van der Waals surface area contributed by atoms with Crippen molar-refractivity contribution in [3.05, 3.63) is 0 Å². The number of carboxylic acids is 2. The van der Waals surface area contributed by atoms with E-state index in [9.17, 15) is 29.4 Å². The van der Waals surface area contributed by atoms with Crippen LogP contribution in [0.5, 0.6) is 0 Å². The quantitative estimate of drug-likeness (QED) is 0.587. The third-order valence-electron chi connectivity index (χ3n) is 9.33. The molecule has 3 aliphatic rings. The van der Waals surface area contributed by atoms with Crippen molar-refractivity contribution in [2.75, 3.05) is 7.11 Å². The molecular formula is C24H36O8. The van der Waals surface area contributed by atoms with Gasteiger partial charge in [0.05, 0.1) is 25.4 Å². The van der Waals surface area contributed by atoms with Crippen LogP contribution in [0.25, 0.3) is 0 Å². The SMILES string of the molecule is COC(=O)[C@@H](C)[C@H]1CC[C@@H]2[C@H]3CC[C@H](C(=O)O)[C@@](C)(CC(=O)O)[C@@H]3C[C@@H](OC(C)=O)[C@@]21C. The van der Waals surface area contributed by atoms with E-state index in [-0.39, 0.29) is 42.0 Å². The van der Waals surface area contributed by atoms with Crippen LogP contribution >= 0.6 is 0 Å². The van der Waals surface area contributed by atoms with Crippen LogP contribution in [0, 0.1) is 46.3 Å². The average Bonchev–Trinajstić information content (AvgIpc) is 3.05. The summed E-state index contributed by atoms with van der Waals surface area (Å²) in [5, 5.41) is 19.5. The first-order chi connectivity index (χ1) is 14.9. The highest BCUT2D eigenvalue weighted by atomic mass is 16.5. The molecule has 3 fully saturated rings. The average molecular weight is 453 g/mol. The lowest BCUT2D eigenvalue weighted by Gasteiger charge is -2.60. The maximum atomic E-state index is 12.4. The lowest BCUT2D eigenvalue weighted by molar-refractivity contribution is -0.198. The Morgan fingerprint density at radius 1 is 1.03 bits per heavy atom. The molecule has 9 atom stereocenters. The van der Waals surface area contributed by atoms with Crippen molar-refractivity contribution < 1.29 is 38.9 Å². The van der Waals surface area contributed by atoms with Crippen LogP contribution in [-0.4, -0.2) is 47.3 Å². The minimum absolute atomic E-state index is 0.0341. The number of carbonyl (C=O) groups is 4. The molecule has 0 bridgehead atoms. The maximum Gasteiger partial charge on any atom is 0.308 e. The van der Waals surface area contributed by atoms with Crippen LogP contribution < -0.4 is 0 Å². The zero-order valence-corrected chi connectivity index (χ0v) is 19.6. The van der Waals surface area contributed by atoms with E-state index in [0.717, 1.165) is 12.8 Å². The van der Waals surface area contributed by atoms with Gasteiger partial charge < -0.3 is 19.7 Å². The van der Waals surface area contributed by atoms with Gasteiger partial charge in [-0.3, -0.25) is 19.2 Å². The predicted molar refractivity (Wildman–Crippen MR) is 113 cm³/mol. The number of ether oxygens (including phenoxy) is 2. The Bertz CT molecular complexity index is 793. The number of methoxy groups -OCH3 is 1. The second-order valence-electron chi connectivity index (χ2n) is 10.6. The molecule has 3 rings (SSSR count). The molecule has 8 nitrogen and oxygen atoms in total. The van der Waals surface area contributed by atoms with E-state index in [1.165, 1.54) is 14.0 Å². The monoisotopic (exact) mass is 452 g/mol. The molecule has 0 aromatic heterocycles. The molecule has 180 valence electrons. The second-order valence-corrected chi connectivity index (χ2v) is 10.6. The highest BCUT2D eigenvalue weighted by Gasteiger charge is 2.66. The molecule has 0 amide bonds. The van der Waals surface area contributed by atoms with Crippen LogP contribution in [0.15, 0.2) is 0 Å². The fourth-order valence-electron chi connectivity index (χ4n) is 7.96. The largest absolute Gasteiger partial charge is 0.481 e. The van der Waals surface area contributed by atoms with Gasteiger partial charge in [-0.2, -0.15) is 0 Å². The molecule has 0 radical (unpaired) electrons. The van der Waals surface area contributed by atoms with Gasteiger partial charge in [0, 0.05) is 12.3 Å². The summed E-state index contributed by atoms with van der Waals surface area (Å²) in [4.78, 5) is 48.4. The van der Waals surface area contributed by atoms with Crippen LogP contribution in [0.1, 0.15) is 66.2 Å². The third-order valence-corrected chi connectivity index (χ3v) is 9.33. The Morgan fingerprint density at radius 3 is 2.22 bits per heavy atom. The van der Waals surface area contributed by atoms with Crippen molar-refractivity contribution in [3.8, 4) is 0 Å². The first-order valence-corrected chi connectivity index (χ1v) is 11.6.